The molecule has 2 N–H and O–H groups in total. The molecule has 2 heterocycles. The van der Waals surface area contributed by atoms with Crippen molar-refractivity contribution in [1.82, 2.24) is 9.88 Å². The smallest absolute Gasteiger partial charge is 0.337 e. The summed E-state index contributed by atoms with van der Waals surface area (Å²) in [6, 6.07) is 2.39. The van der Waals surface area contributed by atoms with Crippen LogP contribution in [0.15, 0.2) is 18.3 Å². The Bertz CT molecular complexity index is 526. The Morgan fingerprint density at radius 2 is 2.21 bits per heavy atom. The van der Waals surface area contributed by atoms with Gasteiger partial charge in [-0.2, -0.15) is 0 Å². The van der Waals surface area contributed by atoms with Crippen LogP contribution in [0.5, 0.6) is 0 Å². The maximum Gasteiger partial charge on any atom is 0.337 e. The van der Waals surface area contributed by atoms with E-state index in [1.807, 2.05) is 0 Å². The van der Waals surface area contributed by atoms with Crippen molar-refractivity contribution in [2.24, 2.45) is 0 Å². The number of carboxylic acid groups (broad SMARTS) is 1. The quantitative estimate of drug-likeness (QED) is 0.763. The highest BCUT2D eigenvalue weighted by Gasteiger charge is 2.31. The third kappa shape index (κ3) is 2.70. The highest BCUT2D eigenvalue weighted by atomic mass is 16.4. The number of carboxylic acids is 1. The van der Waals surface area contributed by atoms with E-state index >= 15 is 0 Å². The van der Waals surface area contributed by atoms with Crippen molar-refractivity contribution < 1.29 is 19.5 Å². The summed E-state index contributed by atoms with van der Waals surface area (Å²) in [6.45, 7) is 0. The van der Waals surface area contributed by atoms with E-state index in [0.29, 0.717) is 18.7 Å². The van der Waals surface area contributed by atoms with E-state index < -0.39 is 12.0 Å². The van der Waals surface area contributed by atoms with E-state index in [1.54, 1.807) is 0 Å². The Balaban J connectivity index is 2.07. The summed E-state index contributed by atoms with van der Waals surface area (Å²) in [5.41, 5.74) is 0.0767. The van der Waals surface area contributed by atoms with Crippen LogP contribution in [0.25, 0.3) is 0 Å². The minimum Gasteiger partial charge on any atom is -0.478 e. The number of pyridine rings is 1. The number of carbonyl (C=O) groups is 3. The molecule has 1 saturated heterocycles. The van der Waals surface area contributed by atoms with Crippen LogP contribution >= 0.6 is 0 Å². The molecule has 100 valence electrons. The highest BCUT2D eigenvalue weighted by molar-refractivity contribution is 6.01. The Hall–Kier alpha value is -2.44. The van der Waals surface area contributed by atoms with Crippen LogP contribution in [-0.4, -0.2) is 45.9 Å². The zero-order chi connectivity index (χ0) is 14.0. The molecule has 0 aliphatic carbocycles. The van der Waals surface area contributed by atoms with Crippen molar-refractivity contribution in [2.75, 3.05) is 12.4 Å². The number of hydrogen-bond acceptors (Lipinski definition) is 5. The van der Waals surface area contributed by atoms with Crippen LogP contribution in [0.1, 0.15) is 23.2 Å². The lowest BCUT2D eigenvalue weighted by Crippen LogP contribution is -2.48. The van der Waals surface area contributed by atoms with Crippen LogP contribution in [0, 0.1) is 0 Å². The van der Waals surface area contributed by atoms with Gasteiger partial charge in [-0.25, -0.2) is 9.78 Å². The predicted octanol–water partition coefficient (Wildman–Crippen LogP) is 0.339. The van der Waals surface area contributed by atoms with Crippen molar-refractivity contribution in [2.45, 2.75) is 18.9 Å². The Morgan fingerprint density at radius 1 is 1.47 bits per heavy atom. The van der Waals surface area contributed by atoms with Gasteiger partial charge in [0.15, 0.2) is 0 Å². The zero-order valence-corrected chi connectivity index (χ0v) is 10.3. The molecule has 0 radical (unpaired) electrons. The van der Waals surface area contributed by atoms with Gasteiger partial charge in [-0.15, -0.1) is 0 Å². The third-order valence-electron chi connectivity index (χ3n) is 2.98. The number of hydrogen-bond donors (Lipinski definition) is 2. The maximum absolute atomic E-state index is 11.8. The summed E-state index contributed by atoms with van der Waals surface area (Å²) in [5.74, 6) is -1.15. The molecule has 1 aromatic rings. The number of anilines is 1. The van der Waals surface area contributed by atoms with Gasteiger partial charge in [0.25, 0.3) is 5.91 Å². The molecule has 1 fully saturated rings. The fourth-order valence-electron chi connectivity index (χ4n) is 1.83. The number of amides is 2. The van der Waals surface area contributed by atoms with Gasteiger partial charge < -0.3 is 10.4 Å². The molecule has 7 heteroatoms. The molecule has 0 spiro atoms. The summed E-state index contributed by atoms with van der Waals surface area (Å²) in [6.07, 6.45) is 1.92. The molecule has 1 aliphatic heterocycles. The molecule has 2 rings (SSSR count). The van der Waals surface area contributed by atoms with Crippen molar-refractivity contribution >= 4 is 23.6 Å². The van der Waals surface area contributed by atoms with Gasteiger partial charge in [-0.1, -0.05) is 0 Å². The Labute approximate surface area is 109 Å². The van der Waals surface area contributed by atoms with Crippen molar-refractivity contribution in [3.8, 4) is 0 Å². The average Bonchev–Trinajstić information content (AvgIpc) is 2.40. The number of aromatic carboxylic acids is 1. The third-order valence-corrected chi connectivity index (χ3v) is 2.98. The molecule has 0 bridgehead atoms. The summed E-state index contributed by atoms with van der Waals surface area (Å²) in [4.78, 5) is 38.8. The standard InChI is InChI=1S/C12H13N3O4/c1-15-10(16)5-3-8(11(15)17)14-9-4-2-7(6-13-9)12(18)19/h2,4,6,8H,3,5H2,1H3,(H,13,14)(H,18,19). The first-order valence-corrected chi connectivity index (χ1v) is 5.75. The number of piperidine rings is 1. The number of nitrogens with one attached hydrogen (secondary N) is 1. The summed E-state index contributed by atoms with van der Waals surface area (Å²) in [7, 11) is 1.44. The second kappa shape index (κ2) is 5.05. The maximum atomic E-state index is 11.8. The molecule has 0 aromatic carbocycles. The molecular weight excluding hydrogens is 250 g/mol. The van der Waals surface area contributed by atoms with E-state index in [1.165, 1.54) is 25.4 Å². The highest BCUT2D eigenvalue weighted by Crippen LogP contribution is 2.16. The van der Waals surface area contributed by atoms with Gasteiger partial charge in [0.2, 0.25) is 5.91 Å². The van der Waals surface area contributed by atoms with Gasteiger partial charge in [0.1, 0.15) is 11.9 Å². The number of carbonyl (C=O) groups excluding carboxylic acids is 2. The van der Waals surface area contributed by atoms with Gasteiger partial charge in [0, 0.05) is 19.7 Å². The van der Waals surface area contributed by atoms with E-state index in [9.17, 15) is 14.4 Å². The van der Waals surface area contributed by atoms with Crippen molar-refractivity contribution in [3.63, 3.8) is 0 Å². The minimum atomic E-state index is -1.06. The zero-order valence-electron chi connectivity index (χ0n) is 10.3. The molecule has 1 atom stereocenters. The van der Waals surface area contributed by atoms with Crippen LogP contribution in [-0.2, 0) is 9.59 Å². The first-order valence-electron chi connectivity index (χ1n) is 5.75. The molecule has 1 aliphatic rings. The lowest BCUT2D eigenvalue weighted by atomic mass is 10.0. The summed E-state index contributed by atoms with van der Waals surface area (Å²) >= 11 is 0. The van der Waals surface area contributed by atoms with Crippen LogP contribution in [0.3, 0.4) is 0 Å². The lowest BCUT2D eigenvalue weighted by molar-refractivity contribution is -0.146. The second-order valence-corrected chi connectivity index (χ2v) is 4.26. The number of imide groups is 1. The number of aromatic nitrogens is 1. The van der Waals surface area contributed by atoms with E-state index in [0.717, 1.165) is 4.90 Å². The number of nitrogens with zero attached hydrogens (tertiary/aromatic N) is 2. The Kier molecular flexibility index (Phi) is 3.46. The van der Waals surface area contributed by atoms with Gasteiger partial charge in [0.05, 0.1) is 5.56 Å². The van der Waals surface area contributed by atoms with Gasteiger partial charge >= 0.3 is 5.97 Å². The van der Waals surface area contributed by atoms with Crippen molar-refractivity contribution in [3.05, 3.63) is 23.9 Å². The first kappa shape index (κ1) is 13.0. The largest absolute Gasteiger partial charge is 0.478 e. The summed E-state index contributed by atoms with van der Waals surface area (Å²) in [5, 5.41) is 11.6. The number of rotatable bonds is 3. The minimum absolute atomic E-state index is 0.0767. The lowest BCUT2D eigenvalue weighted by Gasteiger charge is -2.28. The van der Waals surface area contributed by atoms with E-state index in [4.69, 9.17) is 5.11 Å². The van der Waals surface area contributed by atoms with Crippen LogP contribution in [0.4, 0.5) is 5.82 Å². The van der Waals surface area contributed by atoms with Crippen molar-refractivity contribution in [1.29, 1.82) is 0 Å². The van der Waals surface area contributed by atoms with E-state index in [2.05, 4.69) is 10.3 Å². The number of likely N-dealkylation sites (N-methyl/N-ethyl adjacent to an activating group) is 1. The normalized spacial score (nSPS) is 19.4. The van der Waals surface area contributed by atoms with Gasteiger partial charge in [-0.05, 0) is 18.6 Å². The fourth-order valence-corrected chi connectivity index (χ4v) is 1.83. The predicted molar refractivity (Wildman–Crippen MR) is 65.6 cm³/mol. The molecular formula is C12H13N3O4. The molecule has 0 saturated carbocycles. The van der Waals surface area contributed by atoms with E-state index in [-0.39, 0.29) is 17.4 Å². The first-order chi connectivity index (χ1) is 8.99. The second-order valence-electron chi connectivity index (χ2n) is 4.26. The van der Waals surface area contributed by atoms with Gasteiger partial charge in [-0.3, -0.25) is 14.5 Å². The topological polar surface area (TPSA) is 99.6 Å². The average molecular weight is 263 g/mol. The molecule has 19 heavy (non-hydrogen) atoms. The molecule has 1 aromatic heterocycles. The number of likely N-dealkylation sites (tertiary alicyclic amines) is 1. The molecule has 1 unspecified atom stereocenters. The molecule has 2 amide bonds. The fraction of sp³-hybridized carbons (Fsp3) is 0.333. The van der Waals surface area contributed by atoms with Crippen LogP contribution in [0.2, 0.25) is 0 Å². The Morgan fingerprint density at radius 3 is 2.79 bits per heavy atom. The molecule has 7 nitrogen and oxygen atoms in total. The monoisotopic (exact) mass is 263 g/mol. The SMILES string of the molecule is CN1C(=O)CCC(Nc2ccc(C(=O)O)cn2)C1=O. The van der Waals surface area contributed by atoms with Crippen LogP contribution < -0.4 is 5.32 Å². The summed E-state index contributed by atoms with van der Waals surface area (Å²) < 4.78 is 0.